The van der Waals surface area contributed by atoms with Gasteiger partial charge in [-0.05, 0) is 51.6 Å². The average molecular weight is 376 g/mol. The molecule has 0 aliphatic carbocycles. The van der Waals surface area contributed by atoms with Crippen molar-refractivity contribution in [1.82, 2.24) is 20.9 Å². The first-order valence-electron chi connectivity index (χ1n) is 9.52. The van der Waals surface area contributed by atoms with Crippen molar-refractivity contribution in [3.63, 3.8) is 0 Å². The molecular weight excluding hydrogens is 342 g/mol. The van der Waals surface area contributed by atoms with Crippen LogP contribution in [0, 0.1) is 0 Å². The third-order valence-electron chi connectivity index (χ3n) is 4.65. The predicted molar refractivity (Wildman–Crippen MR) is 109 cm³/mol. The van der Waals surface area contributed by atoms with Gasteiger partial charge in [-0.25, -0.2) is 0 Å². The van der Waals surface area contributed by atoms with Crippen LogP contribution < -0.4 is 16.0 Å². The molecule has 1 aliphatic heterocycles. The molecule has 0 aromatic heterocycles. The van der Waals surface area contributed by atoms with Gasteiger partial charge in [0.1, 0.15) is 0 Å². The fraction of sp³-hybridized carbons (Fsp3) is 0.600. The van der Waals surface area contributed by atoms with Crippen LogP contribution >= 0.6 is 0 Å². The standard InChI is InChI=1S/C20H33N5O2/c1-20(9-6-12-27-20)15-24-19(21-2)23-14-16-7-5-8-17(13-16)18(26)22-10-11-25(3)4/h5,7-8,13H,6,9-12,14-15H2,1-4H3,(H,22,26)(H2,21,23,24). The Bertz CT molecular complexity index is 639. The first-order valence-corrected chi connectivity index (χ1v) is 9.52. The van der Waals surface area contributed by atoms with Crippen molar-refractivity contribution in [3.8, 4) is 0 Å². The number of guanidine groups is 1. The Morgan fingerprint density at radius 1 is 1.30 bits per heavy atom. The van der Waals surface area contributed by atoms with Gasteiger partial charge in [0.05, 0.1) is 5.60 Å². The van der Waals surface area contributed by atoms with Crippen LogP contribution in [0.1, 0.15) is 35.7 Å². The molecule has 1 atom stereocenters. The number of benzene rings is 1. The van der Waals surface area contributed by atoms with Crippen LogP contribution in [0.2, 0.25) is 0 Å². The molecule has 7 nitrogen and oxygen atoms in total. The summed E-state index contributed by atoms with van der Waals surface area (Å²) in [7, 11) is 5.72. The molecule has 1 aliphatic rings. The molecular formula is C20H33N5O2. The smallest absolute Gasteiger partial charge is 0.251 e. The maximum atomic E-state index is 12.3. The van der Waals surface area contributed by atoms with Gasteiger partial charge in [0.15, 0.2) is 5.96 Å². The highest BCUT2D eigenvalue weighted by Crippen LogP contribution is 2.23. The third-order valence-corrected chi connectivity index (χ3v) is 4.65. The monoisotopic (exact) mass is 375 g/mol. The summed E-state index contributed by atoms with van der Waals surface area (Å²) in [4.78, 5) is 18.6. The lowest BCUT2D eigenvalue weighted by molar-refractivity contribution is 0.0243. The second-order valence-electron chi connectivity index (χ2n) is 7.44. The fourth-order valence-electron chi connectivity index (χ4n) is 2.97. The number of nitrogens with zero attached hydrogens (tertiary/aromatic N) is 2. The molecule has 1 fully saturated rings. The van der Waals surface area contributed by atoms with E-state index in [-0.39, 0.29) is 11.5 Å². The minimum absolute atomic E-state index is 0.0486. The normalized spacial score (nSPS) is 20.0. The number of carbonyl (C=O) groups is 1. The van der Waals surface area contributed by atoms with Crippen LogP contribution in [0.5, 0.6) is 0 Å². The highest BCUT2D eigenvalue weighted by molar-refractivity contribution is 5.94. The van der Waals surface area contributed by atoms with Gasteiger partial charge >= 0.3 is 0 Å². The van der Waals surface area contributed by atoms with Gasteiger partial charge in [-0.1, -0.05) is 12.1 Å². The number of ether oxygens (including phenoxy) is 1. The van der Waals surface area contributed by atoms with E-state index >= 15 is 0 Å². The first kappa shape index (κ1) is 21.2. The molecule has 1 saturated heterocycles. The van der Waals surface area contributed by atoms with Crippen LogP contribution in [0.3, 0.4) is 0 Å². The Morgan fingerprint density at radius 3 is 2.78 bits per heavy atom. The molecule has 150 valence electrons. The quantitative estimate of drug-likeness (QED) is 0.470. The number of carbonyl (C=O) groups excluding carboxylic acids is 1. The molecule has 0 bridgehead atoms. The van der Waals surface area contributed by atoms with Crippen molar-refractivity contribution >= 4 is 11.9 Å². The van der Waals surface area contributed by atoms with E-state index in [1.807, 2.05) is 43.3 Å². The van der Waals surface area contributed by atoms with Gasteiger partial charge in [-0.2, -0.15) is 0 Å². The van der Waals surface area contributed by atoms with E-state index in [0.29, 0.717) is 18.7 Å². The lowest BCUT2D eigenvalue weighted by Crippen LogP contribution is -2.45. The van der Waals surface area contributed by atoms with Crippen LogP contribution in [-0.2, 0) is 11.3 Å². The Hall–Kier alpha value is -2.12. The van der Waals surface area contributed by atoms with E-state index in [0.717, 1.165) is 44.1 Å². The second kappa shape index (κ2) is 10.3. The number of hydrogen-bond donors (Lipinski definition) is 3. The summed E-state index contributed by atoms with van der Waals surface area (Å²) in [6, 6.07) is 7.65. The number of amides is 1. The zero-order chi connectivity index (χ0) is 19.7. The van der Waals surface area contributed by atoms with E-state index in [4.69, 9.17) is 4.74 Å². The summed E-state index contributed by atoms with van der Waals surface area (Å²) in [5, 5.41) is 9.56. The minimum Gasteiger partial charge on any atom is -0.373 e. The zero-order valence-electron chi connectivity index (χ0n) is 17.0. The summed E-state index contributed by atoms with van der Waals surface area (Å²) in [6.07, 6.45) is 2.16. The molecule has 3 N–H and O–H groups in total. The van der Waals surface area contributed by atoms with Crippen molar-refractivity contribution in [2.75, 3.05) is 47.4 Å². The van der Waals surface area contributed by atoms with Gasteiger partial charge < -0.3 is 25.6 Å². The maximum Gasteiger partial charge on any atom is 0.251 e. The lowest BCUT2D eigenvalue weighted by atomic mass is 10.0. The summed E-state index contributed by atoms with van der Waals surface area (Å²) < 4.78 is 5.79. The minimum atomic E-state index is -0.123. The number of rotatable bonds is 8. The summed E-state index contributed by atoms with van der Waals surface area (Å²) in [5.74, 6) is 0.681. The molecule has 2 rings (SSSR count). The molecule has 1 unspecified atom stereocenters. The van der Waals surface area contributed by atoms with Crippen molar-refractivity contribution in [1.29, 1.82) is 0 Å². The van der Waals surface area contributed by atoms with Gasteiger partial charge in [-0.15, -0.1) is 0 Å². The maximum absolute atomic E-state index is 12.3. The number of aliphatic imine (C=N–C) groups is 1. The van der Waals surface area contributed by atoms with E-state index in [2.05, 4.69) is 27.9 Å². The Balaban J connectivity index is 1.82. The zero-order valence-corrected chi connectivity index (χ0v) is 17.0. The topological polar surface area (TPSA) is 78.0 Å². The van der Waals surface area contributed by atoms with E-state index in [9.17, 15) is 4.79 Å². The van der Waals surface area contributed by atoms with Crippen LogP contribution in [0.15, 0.2) is 29.3 Å². The molecule has 7 heteroatoms. The first-order chi connectivity index (χ1) is 12.9. The summed E-state index contributed by atoms with van der Waals surface area (Å²) in [5.41, 5.74) is 1.58. The molecule has 0 saturated carbocycles. The second-order valence-corrected chi connectivity index (χ2v) is 7.44. The Morgan fingerprint density at radius 2 is 2.11 bits per heavy atom. The lowest BCUT2D eigenvalue weighted by Gasteiger charge is -2.24. The summed E-state index contributed by atoms with van der Waals surface area (Å²) >= 11 is 0. The largest absolute Gasteiger partial charge is 0.373 e. The van der Waals surface area contributed by atoms with Crippen molar-refractivity contribution < 1.29 is 9.53 Å². The molecule has 0 radical (unpaired) electrons. The van der Waals surface area contributed by atoms with Crippen LogP contribution in [0.25, 0.3) is 0 Å². The Labute approximate surface area is 162 Å². The average Bonchev–Trinajstić information content (AvgIpc) is 3.08. The molecule has 1 heterocycles. The van der Waals surface area contributed by atoms with Gasteiger partial charge in [-0.3, -0.25) is 9.79 Å². The number of hydrogen-bond acceptors (Lipinski definition) is 4. The molecule has 1 aromatic carbocycles. The van der Waals surface area contributed by atoms with Gasteiger partial charge in [0, 0.05) is 45.4 Å². The summed E-state index contributed by atoms with van der Waals surface area (Å²) in [6.45, 7) is 5.71. The number of nitrogens with one attached hydrogen (secondary N) is 3. The van der Waals surface area contributed by atoms with Crippen LogP contribution in [-0.4, -0.2) is 69.8 Å². The number of likely N-dealkylation sites (N-methyl/N-ethyl adjacent to an activating group) is 1. The van der Waals surface area contributed by atoms with E-state index in [1.54, 1.807) is 7.05 Å². The van der Waals surface area contributed by atoms with Crippen molar-refractivity contribution in [2.45, 2.75) is 31.9 Å². The van der Waals surface area contributed by atoms with Gasteiger partial charge in [0.2, 0.25) is 0 Å². The predicted octanol–water partition coefficient (Wildman–Crippen LogP) is 1.21. The highest BCUT2D eigenvalue weighted by atomic mass is 16.5. The fourth-order valence-corrected chi connectivity index (χ4v) is 2.97. The van der Waals surface area contributed by atoms with Gasteiger partial charge in [0.25, 0.3) is 5.91 Å². The molecule has 27 heavy (non-hydrogen) atoms. The highest BCUT2D eigenvalue weighted by Gasteiger charge is 2.29. The third kappa shape index (κ3) is 7.19. The molecule has 0 spiro atoms. The molecule has 1 aromatic rings. The van der Waals surface area contributed by atoms with Crippen LogP contribution in [0.4, 0.5) is 0 Å². The van der Waals surface area contributed by atoms with Crippen molar-refractivity contribution in [3.05, 3.63) is 35.4 Å². The Kier molecular flexibility index (Phi) is 8.06. The van der Waals surface area contributed by atoms with E-state index < -0.39 is 0 Å². The van der Waals surface area contributed by atoms with Crippen molar-refractivity contribution in [2.24, 2.45) is 4.99 Å². The molecule has 1 amide bonds. The SMILES string of the molecule is CN=C(NCc1cccc(C(=O)NCCN(C)C)c1)NCC1(C)CCCO1. The van der Waals surface area contributed by atoms with E-state index in [1.165, 1.54) is 0 Å².